The Morgan fingerprint density at radius 2 is 1.90 bits per heavy atom. The molecule has 1 aliphatic rings. The van der Waals surface area contributed by atoms with Crippen LogP contribution in [0.4, 0.5) is 0 Å². The highest BCUT2D eigenvalue weighted by molar-refractivity contribution is 5.80. The van der Waals surface area contributed by atoms with Gasteiger partial charge in [0, 0.05) is 18.1 Å². The summed E-state index contributed by atoms with van der Waals surface area (Å²) in [6.07, 6.45) is 2.66. The lowest BCUT2D eigenvalue weighted by Crippen LogP contribution is -2.48. The summed E-state index contributed by atoms with van der Waals surface area (Å²) >= 11 is 0. The molecule has 0 spiro atoms. The van der Waals surface area contributed by atoms with E-state index >= 15 is 0 Å². The molecule has 0 radical (unpaired) electrons. The van der Waals surface area contributed by atoms with E-state index in [-0.39, 0.29) is 5.54 Å². The van der Waals surface area contributed by atoms with E-state index in [0.29, 0.717) is 6.04 Å². The summed E-state index contributed by atoms with van der Waals surface area (Å²) in [6.45, 7) is 17.4. The van der Waals surface area contributed by atoms with Crippen molar-refractivity contribution < 1.29 is 0 Å². The average molecular weight is 282 g/mol. The van der Waals surface area contributed by atoms with E-state index in [2.05, 4.69) is 57.1 Å². The molecule has 1 heterocycles. The summed E-state index contributed by atoms with van der Waals surface area (Å²) in [5, 5.41) is 6.77. The second-order valence-corrected chi connectivity index (χ2v) is 7.16. The Kier molecular flexibility index (Phi) is 6.80. The van der Waals surface area contributed by atoms with E-state index in [9.17, 15) is 0 Å². The van der Waals surface area contributed by atoms with Gasteiger partial charge in [-0.1, -0.05) is 6.92 Å². The highest BCUT2D eigenvalue weighted by atomic mass is 15.2. The molecule has 0 aromatic heterocycles. The van der Waals surface area contributed by atoms with Gasteiger partial charge in [-0.3, -0.25) is 9.89 Å². The molecule has 1 unspecified atom stereocenters. The molecule has 0 saturated carbocycles. The zero-order valence-corrected chi connectivity index (χ0v) is 14.3. The van der Waals surface area contributed by atoms with Gasteiger partial charge in [0.25, 0.3) is 0 Å². The van der Waals surface area contributed by atoms with Crippen molar-refractivity contribution in [2.75, 3.05) is 26.2 Å². The van der Waals surface area contributed by atoms with Gasteiger partial charge in [0.1, 0.15) is 0 Å². The summed E-state index contributed by atoms with van der Waals surface area (Å²) in [5.41, 5.74) is 0.0464. The molecule has 2 N–H and O–H groups in total. The quantitative estimate of drug-likeness (QED) is 0.614. The van der Waals surface area contributed by atoms with Crippen molar-refractivity contribution in [1.29, 1.82) is 0 Å². The van der Waals surface area contributed by atoms with Crippen LogP contribution in [0.1, 0.15) is 54.4 Å². The maximum absolute atomic E-state index is 4.75. The predicted octanol–water partition coefficient (Wildman–Crippen LogP) is 2.46. The Labute approximate surface area is 125 Å². The number of nitrogens with one attached hydrogen (secondary N) is 2. The van der Waals surface area contributed by atoms with Crippen LogP contribution in [0.25, 0.3) is 0 Å². The highest BCUT2D eigenvalue weighted by Crippen LogP contribution is 2.17. The lowest BCUT2D eigenvalue weighted by atomic mass is 9.98. The molecule has 1 rings (SSSR count). The maximum Gasteiger partial charge on any atom is 0.191 e. The van der Waals surface area contributed by atoms with E-state index in [1.165, 1.54) is 25.9 Å². The minimum Gasteiger partial charge on any atom is -0.357 e. The third kappa shape index (κ3) is 6.60. The van der Waals surface area contributed by atoms with Gasteiger partial charge < -0.3 is 10.6 Å². The summed E-state index contributed by atoms with van der Waals surface area (Å²) in [6, 6.07) is 0.526. The van der Waals surface area contributed by atoms with Crippen molar-refractivity contribution in [3.05, 3.63) is 0 Å². The van der Waals surface area contributed by atoms with E-state index < -0.39 is 0 Å². The van der Waals surface area contributed by atoms with Gasteiger partial charge in [0.2, 0.25) is 0 Å². The van der Waals surface area contributed by atoms with Gasteiger partial charge in [-0.05, 0) is 66.5 Å². The van der Waals surface area contributed by atoms with Gasteiger partial charge in [-0.25, -0.2) is 0 Å². The van der Waals surface area contributed by atoms with Gasteiger partial charge in [-0.15, -0.1) is 0 Å². The largest absolute Gasteiger partial charge is 0.357 e. The van der Waals surface area contributed by atoms with Crippen LogP contribution in [0.15, 0.2) is 4.99 Å². The fraction of sp³-hybridized carbons (Fsp3) is 0.938. The minimum atomic E-state index is 0.0464. The molecular formula is C16H34N4. The number of rotatable bonds is 4. The molecule has 0 bridgehead atoms. The molecule has 4 heteroatoms. The van der Waals surface area contributed by atoms with Crippen molar-refractivity contribution in [2.45, 2.75) is 66.0 Å². The highest BCUT2D eigenvalue weighted by Gasteiger charge is 2.20. The normalized spacial score (nSPS) is 20.8. The molecule has 1 saturated heterocycles. The molecule has 4 nitrogen and oxygen atoms in total. The van der Waals surface area contributed by atoms with E-state index in [4.69, 9.17) is 4.99 Å². The van der Waals surface area contributed by atoms with Gasteiger partial charge in [-0.2, -0.15) is 0 Å². The van der Waals surface area contributed by atoms with Crippen LogP contribution in [-0.4, -0.2) is 48.6 Å². The van der Waals surface area contributed by atoms with E-state index in [1.807, 2.05) is 0 Å². The number of nitrogens with zero attached hydrogens (tertiary/aromatic N) is 2. The van der Waals surface area contributed by atoms with Crippen molar-refractivity contribution >= 4 is 5.96 Å². The zero-order chi connectivity index (χ0) is 15.2. The molecule has 0 aromatic rings. The molecule has 1 aliphatic heterocycles. The maximum atomic E-state index is 4.75. The summed E-state index contributed by atoms with van der Waals surface area (Å²) in [4.78, 5) is 7.32. The first kappa shape index (κ1) is 17.3. The third-order valence-corrected chi connectivity index (χ3v) is 3.79. The molecule has 1 atom stereocenters. The van der Waals surface area contributed by atoms with Crippen LogP contribution in [0.5, 0.6) is 0 Å². The smallest absolute Gasteiger partial charge is 0.191 e. The third-order valence-electron chi connectivity index (χ3n) is 3.79. The van der Waals surface area contributed by atoms with Crippen molar-refractivity contribution in [3.8, 4) is 0 Å². The van der Waals surface area contributed by atoms with Crippen LogP contribution in [0.3, 0.4) is 0 Å². The lowest BCUT2D eigenvalue weighted by Gasteiger charge is -2.34. The second kappa shape index (κ2) is 7.87. The minimum absolute atomic E-state index is 0.0464. The summed E-state index contributed by atoms with van der Waals surface area (Å²) in [5.74, 6) is 1.82. The number of hydrogen-bond donors (Lipinski definition) is 2. The molecule has 0 amide bonds. The lowest BCUT2D eigenvalue weighted by molar-refractivity contribution is 0.150. The van der Waals surface area contributed by atoms with Crippen LogP contribution in [-0.2, 0) is 0 Å². The van der Waals surface area contributed by atoms with Crippen LogP contribution < -0.4 is 10.6 Å². The van der Waals surface area contributed by atoms with Gasteiger partial charge >= 0.3 is 0 Å². The number of aliphatic imine (C=N–C) groups is 1. The van der Waals surface area contributed by atoms with Crippen LogP contribution >= 0.6 is 0 Å². The van der Waals surface area contributed by atoms with Crippen molar-refractivity contribution in [2.24, 2.45) is 10.9 Å². The first-order valence-corrected chi connectivity index (χ1v) is 8.12. The van der Waals surface area contributed by atoms with E-state index in [1.54, 1.807) is 0 Å². The first-order valence-electron chi connectivity index (χ1n) is 8.12. The number of likely N-dealkylation sites (tertiary alicyclic amines) is 1. The fourth-order valence-corrected chi connectivity index (χ4v) is 2.47. The number of piperidine rings is 1. The molecule has 0 aromatic carbocycles. The van der Waals surface area contributed by atoms with Crippen molar-refractivity contribution in [3.63, 3.8) is 0 Å². The second-order valence-electron chi connectivity index (χ2n) is 7.16. The summed E-state index contributed by atoms with van der Waals surface area (Å²) in [7, 11) is 0. The summed E-state index contributed by atoms with van der Waals surface area (Å²) < 4.78 is 0. The fourth-order valence-electron chi connectivity index (χ4n) is 2.47. The Hall–Kier alpha value is -0.770. The van der Waals surface area contributed by atoms with Crippen LogP contribution in [0, 0.1) is 5.92 Å². The zero-order valence-electron chi connectivity index (χ0n) is 14.3. The molecule has 118 valence electrons. The monoisotopic (exact) mass is 282 g/mol. The molecule has 0 aliphatic carbocycles. The predicted molar refractivity (Wildman–Crippen MR) is 88.3 cm³/mol. The topological polar surface area (TPSA) is 39.7 Å². The standard InChI is InChI=1S/C16H34N4/c1-7-17-15(19-16(4,5)6)18-12-14(3)20-10-8-13(2)9-11-20/h13-14H,7-12H2,1-6H3,(H2,17,18,19). The molecule has 20 heavy (non-hydrogen) atoms. The van der Waals surface area contributed by atoms with Crippen molar-refractivity contribution in [1.82, 2.24) is 15.5 Å². The van der Waals surface area contributed by atoms with Crippen LogP contribution in [0.2, 0.25) is 0 Å². The Bertz CT molecular complexity index is 298. The molecular weight excluding hydrogens is 248 g/mol. The van der Waals surface area contributed by atoms with Gasteiger partial charge in [0.05, 0.1) is 6.54 Å². The first-order chi connectivity index (χ1) is 9.31. The number of hydrogen-bond acceptors (Lipinski definition) is 2. The average Bonchev–Trinajstić information content (AvgIpc) is 2.35. The Balaban J connectivity index is 2.49. The SMILES string of the molecule is CCNC(=NCC(C)N1CCC(C)CC1)NC(C)(C)C. The van der Waals surface area contributed by atoms with E-state index in [0.717, 1.165) is 25.0 Å². The Morgan fingerprint density at radius 1 is 1.30 bits per heavy atom. The number of guanidine groups is 1. The molecule has 1 fully saturated rings. The Morgan fingerprint density at radius 3 is 2.40 bits per heavy atom. The van der Waals surface area contributed by atoms with Gasteiger partial charge in [0.15, 0.2) is 5.96 Å².